The molecule has 1 aliphatic heterocycles. The molecule has 0 bridgehead atoms. The SMILES string of the molecule is CC1=C(C(=O)Nc2ccc(F)cc2)[C@H](c2ccccc2Cl)C2=C(C[C@H](c3ccccc3)CC2=O)N1. The number of anilines is 1. The topological polar surface area (TPSA) is 58.2 Å². The molecule has 6 heteroatoms. The largest absolute Gasteiger partial charge is 0.362 e. The van der Waals surface area contributed by atoms with Crippen molar-refractivity contribution in [1.82, 2.24) is 5.32 Å². The fourth-order valence-corrected chi connectivity index (χ4v) is 5.30. The van der Waals surface area contributed by atoms with E-state index in [4.69, 9.17) is 11.6 Å². The number of hydrogen-bond donors (Lipinski definition) is 2. The Balaban J connectivity index is 1.57. The smallest absolute Gasteiger partial charge is 0.254 e. The highest BCUT2D eigenvalue weighted by molar-refractivity contribution is 6.31. The maximum Gasteiger partial charge on any atom is 0.254 e. The third-order valence-corrected chi connectivity index (χ3v) is 7.01. The molecule has 2 aliphatic rings. The number of allylic oxidation sites excluding steroid dienone is 3. The summed E-state index contributed by atoms with van der Waals surface area (Å²) in [5.74, 6) is -1.30. The molecule has 1 heterocycles. The molecular formula is C29H24ClFN2O2. The van der Waals surface area contributed by atoms with E-state index in [0.29, 0.717) is 46.0 Å². The summed E-state index contributed by atoms with van der Waals surface area (Å²) >= 11 is 6.61. The minimum absolute atomic E-state index is 0.00268. The van der Waals surface area contributed by atoms with Crippen molar-refractivity contribution in [3.05, 3.63) is 123 Å². The Bertz CT molecular complexity index is 1360. The number of amides is 1. The van der Waals surface area contributed by atoms with E-state index in [9.17, 15) is 14.0 Å². The maximum atomic E-state index is 13.6. The van der Waals surface area contributed by atoms with Crippen LogP contribution in [0.5, 0.6) is 0 Å². The lowest BCUT2D eigenvalue weighted by atomic mass is 9.71. The minimum Gasteiger partial charge on any atom is -0.362 e. The number of rotatable bonds is 4. The summed E-state index contributed by atoms with van der Waals surface area (Å²) in [5.41, 5.74) is 4.79. The van der Waals surface area contributed by atoms with Gasteiger partial charge in [0.1, 0.15) is 5.82 Å². The number of carbonyl (C=O) groups is 2. The van der Waals surface area contributed by atoms with Crippen LogP contribution in [-0.2, 0) is 9.59 Å². The van der Waals surface area contributed by atoms with Gasteiger partial charge in [-0.1, -0.05) is 60.1 Å². The number of dihydropyridines is 1. The summed E-state index contributed by atoms with van der Waals surface area (Å²) in [7, 11) is 0. The fourth-order valence-electron chi connectivity index (χ4n) is 5.05. The molecule has 0 saturated carbocycles. The van der Waals surface area contributed by atoms with Crippen LogP contribution < -0.4 is 10.6 Å². The molecule has 4 nitrogen and oxygen atoms in total. The second-order valence-corrected chi connectivity index (χ2v) is 9.32. The number of ketones is 1. The zero-order valence-electron chi connectivity index (χ0n) is 19.1. The van der Waals surface area contributed by atoms with Crippen LogP contribution in [0.1, 0.15) is 42.7 Å². The lowest BCUT2D eigenvalue weighted by molar-refractivity contribution is -0.116. The Morgan fingerprint density at radius 2 is 1.66 bits per heavy atom. The van der Waals surface area contributed by atoms with E-state index in [0.717, 1.165) is 11.3 Å². The molecule has 2 N–H and O–H groups in total. The molecule has 0 spiro atoms. The van der Waals surface area contributed by atoms with E-state index < -0.39 is 5.92 Å². The third-order valence-electron chi connectivity index (χ3n) is 6.66. The van der Waals surface area contributed by atoms with E-state index in [2.05, 4.69) is 10.6 Å². The van der Waals surface area contributed by atoms with Crippen molar-refractivity contribution < 1.29 is 14.0 Å². The lowest BCUT2D eigenvalue weighted by Crippen LogP contribution is -2.37. The summed E-state index contributed by atoms with van der Waals surface area (Å²) in [6, 6.07) is 22.9. The van der Waals surface area contributed by atoms with Crippen LogP contribution in [0.2, 0.25) is 5.02 Å². The highest BCUT2D eigenvalue weighted by Crippen LogP contribution is 2.47. The molecule has 0 aromatic heterocycles. The van der Waals surface area contributed by atoms with Crippen LogP contribution in [0.25, 0.3) is 0 Å². The highest BCUT2D eigenvalue weighted by Gasteiger charge is 2.41. The molecule has 35 heavy (non-hydrogen) atoms. The first kappa shape index (κ1) is 23.1. The zero-order chi connectivity index (χ0) is 24.5. The molecule has 176 valence electrons. The second kappa shape index (κ2) is 9.51. The van der Waals surface area contributed by atoms with E-state index >= 15 is 0 Å². The van der Waals surface area contributed by atoms with Gasteiger partial charge in [-0.15, -0.1) is 0 Å². The van der Waals surface area contributed by atoms with Crippen LogP contribution in [-0.4, -0.2) is 11.7 Å². The van der Waals surface area contributed by atoms with Crippen LogP contribution in [0.3, 0.4) is 0 Å². The Kier molecular flexibility index (Phi) is 6.27. The van der Waals surface area contributed by atoms with E-state index in [1.54, 1.807) is 6.07 Å². The number of carbonyl (C=O) groups excluding carboxylic acids is 2. The van der Waals surface area contributed by atoms with Gasteiger partial charge in [0.05, 0.1) is 0 Å². The summed E-state index contributed by atoms with van der Waals surface area (Å²) in [4.78, 5) is 27.2. The van der Waals surface area contributed by atoms with Crippen molar-refractivity contribution in [3.63, 3.8) is 0 Å². The van der Waals surface area contributed by atoms with Gasteiger partial charge in [0.2, 0.25) is 0 Å². The van der Waals surface area contributed by atoms with Gasteiger partial charge in [-0.2, -0.15) is 0 Å². The first-order chi connectivity index (χ1) is 16.9. The maximum absolute atomic E-state index is 13.6. The van der Waals surface area contributed by atoms with Crippen LogP contribution in [0.15, 0.2) is 101 Å². The molecule has 0 fully saturated rings. The molecule has 3 aromatic carbocycles. The summed E-state index contributed by atoms with van der Waals surface area (Å²) in [6.45, 7) is 1.84. The predicted octanol–water partition coefficient (Wildman–Crippen LogP) is 6.48. The van der Waals surface area contributed by atoms with Crippen LogP contribution >= 0.6 is 11.6 Å². The molecule has 5 rings (SSSR count). The highest BCUT2D eigenvalue weighted by atomic mass is 35.5. The van der Waals surface area contributed by atoms with Gasteiger partial charge in [-0.3, -0.25) is 9.59 Å². The molecule has 3 aromatic rings. The monoisotopic (exact) mass is 486 g/mol. The summed E-state index contributed by atoms with van der Waals surface area (Å²) in [6.07, 6.45) is 1.02. The van der Waals surface area contributed by atoms with Crippen molar-refractivity contribution in [3.8, 4) is 0 Å². The van der Waals surface area contributed by atoms with E-state index in [-0.39, 0.29) is 23.4 Å². The number of Topliss-reactive ketones (excluding diaryl/α,β-unsaturated/α-hetero) is 1. The molecule has 1 aliphatic carbocycles. The molecule has 0 radical (unpaired) electrons. The first-order valence-corrected chi connectivity index (χ1v) is 11.9. The number of benzene rings is 3. The number of nitrogens with one attached hydrogen (secondary N) is 2. The summed E-state index contributed by atoms with van der Waals surface area (Å²) in [5, 5.41) is 6.71. The minimum atomic E-state index is -0.607. The molecule has 2 atom stereocenters. The Labute approximate surface area is 208 Å². The normalized spacial score (nSPS) is 19.8. The number of halogens is 2. The fraction of sp³-hybridized carbons (Fsp3) is 0.172. The number of hydrogen-bond acceptors (Lipinski definition) is 3. The predicted molar refractivity (Wildman–Crippen MR) is 136 cm³/mol. The third kappa shape index (κ3) is 4.52. The van der Waals surface area contributed by atoms with E-state index in [1.165, 1.54) is 24.3 Å². The van der Waals surface area contributed by atoms with Crippen molar-refractivity contribution in [2.24, 2.45) is 0 Å². The van der Waals surface area contributed by atoms with Crippen molar-refractivity contribution in [1.29, 1.82) is 0 Å². The second-order valence-electron chi connectivity index (χ2n) is 8.91. The average Bonchev–Trinajstić information content (AvgIpc) is 2.85. The Morgan fingerprint density at radius 1 is 0.971 bits per heavy atom. The molecule has 0 unspecified atom stereocenters. The zero-order valence-corrected chi connectivity index (χ0v) is 19.9. The van der Waals surface area contributed by atoms with Crippen LogP contribution in [0.4, 0.5) is 10.1 Å². The van der Waals surface area contributed by atoms with E-state index in [1.807, 2.05) is 55.5 Å². The van der Waals surface area contributed by atoms with Crippen molar-refractivity contribution >= 4 is 29.0 Å². The van der Waals surface area contributed by atoms with Gasteiger partial charge in [0.25, 0.3) is 5.91 Å². The average molecular weight is 487 g/mol. The molecule has 1 amide bonds. The van der Waals surface area contributed by atoms with Gasteiger partial charge < -0.3 is 10.6 Å². The summed E-state index contributed by atoms with van der Waals surface area (Å²) < 4.78 is 13.4. The van der Waals surface area contributed by atoms with Gasteiger partial charge in [-0.05, 0) is 60.7 Å². The Morgan fingerprint density at radius 3 is 2.37 bits per heavy atom. The first-order valence-electron chi connectivity index (χ1n) is 11.5. The standard InChI is InChI=1S/C29H24ClFN2O2/c1-17-26(29(35)33-21-13-11-20(31)12-14-21)27(22-9-5-6-10-23(22)30)28-24(32-17)15-19(16-25(28)34)18-7-3-2-4-8-18/h2-14,19,27,32H,15-16H2,1H3,(H,33,35)/t19-,27-/m0/s1. The van der Waals surface area contributed by atoms with Crippen molar-refractivity contribution in [2.75, 3.05) is 5.32 Å². The van der Waals surface area contributed by atoms with Gasteiger partial charge >= 0.3 is 0 Å². The lowest BCUT2D eigenvalue weighted by Gasteiger charge is -2.37. The van der Waals surface area contributed by atoms with Gasteiger partial charge in [0.15, 0.2) is 5.78 Å². The molecule has 0 saturated heterocycles. The van der Waals surface area contributed by atoms with Crippen LogP contribution in [0, 0.1) is 5.82 Å². The van der Waals surface area contributed by atoms with Gasteiger partial charge in [-0.25, -0.2) is 4.39 Å². The van der Waals surface area contributed by atoms with Crippen molar-refractivity contribution in [2.45, 2.75) is 31.6 Å². The molecular weight excluding hydrogens is 463 g/mol. The quantitative estimate of drug-likeness (QED) is 0.443. The van der Waals surface area contributed by atoms with Gasteiger partial charge in [0, 0.05) is 45.6 Å². The Hall–Kier alpha value is -3.70.